The van der Waals surface area contributed by atoms with Gasteiger partial charge in [0.25, 0.3) is 0 Å². The van der Waals surface area contributed by atoms with Gasteiger partial charge in [-0.25, -0.2) is 0 Å². The number of hydrogen-bond acceptors (Lipinski definition) is 9. The average molecular weight is 454 g/mol. The van der Waals surface area contributed by atoms with Gasteiger partial charge in [0.1, 0.15) is 0 Å². The van der Waals surface area contributed by atoms with E-state index in [1.807, 2.05) is 0 Å². The molecule has 0 aliphatic rings. The van der Waals surface area contributed by atoms with E-state index < -0.39 is 56.4 Å². The van der Waals surface area contributed by atoms with Crippen LogP contribution in [0.4, 0.5) is 0 Å². The second-order valence-electron chi connectivity index (χ2n) is 0.671. The second kappa shape index (κ2) is 24.5. The topological polar surface area (TPSA) is 172 Å². The molecule has 0 aliphatic carbocycles. The zero-order valence-corrected chi connectivity index (χ0v) is 14.7. The van der Waals surface area contributed by atoms with Crippen molar-refractivity contribution < 1.29 is 106 Å². The van der Waals surface area contributed by atoms with Gasteiger partial charge in [-0.2, -0.15) is 0 Å². The molecule has 72 valence electrons. The Balaban J connectivity index is -0.0000000270. The van der Waals surface area contributed by atoms with E-state index in [-0.39, 0.29) is 41.9 Å². The van der Waals surface area contributed by atoms with Gasteiger partial charge in [0.15, 0.2) is 0 Å². The summed E-state index contributed by atoms with van der Waals surface area (Å²) in [7, 11) is 0. The molecule has 14 heavy (non-hydrogen) atoms. The van der Waals surface area contributed by atoms with Crippen LogP contribution in [0.3, 0.4) is 0 Å². The summed E-state index contributed by atoms with van der Waals surface area (Å²) in [6, 6.07) is 0. The molecule has 0 fully saturated rings. The summed E-state index contributed by atoms with van der Waals surface area (Å²) >= 11 is -12.6. The fraction of sp³-hybridized carbons (Fsp3) is 0. The first-order chi connectivity index (χ1) is 5.20. The third kappa shape index (κ3) is 489. The second-order valence-corrected chi connectivity index (χ2v) is 3.97. The van der Waals surface area contributed by atoms with Gasteiger partial charge in [0.05, 0.1) is 0 Å². The predicted molar refractivity (Wildman–Crippen MR) is 9.87 cm³/mol. The van der Waals surface area contributed by atoms with E-state index in [4.69, 9.17) is 30.3 Å². The van der Waals surface area contributed by atoms with Gasteiger partial charge in [-0.1, -0.05) is 0 Å². The van der Waals surface area contributed by atoms with Crippen molar-refractivity contribution in [2.45, 2.75) is 0 Å². The van der Waals surface area contributed by atoms with Gasteiger partial charge < -0.3 is 0 Å². The molecule has 0 amide bonds. The Bertz CT molecular complexity index is 213. The minimum atomic E-state index is -4.20. The molecule has 0 N–H and O–H groups in total. The maximum atomic E-state index is 8.60. The molecular weight excluding hydrogens is 454 g/mol. The predicted octanol–water partition coefficient (Wildman–Crippen LogP) is -7.66. The van der Waals surface area contributed by atoms with Crippen LogP contribution in [-0.4, -0.2) is 23.1 Å². The minimum absolute atomic E-state index is 0. The zero-order valence-electron chi connectivity index (χ0n) is 6.72. The Morgan fingerprint density at radius 1 is 0.571 bits per heavy atom. The van der Waals surface area contributed by atoms with E-state index in [0.717, 1.165) is 0 Å². The van der Waals surface area contributed by atoms with E-state index in [2.05, 4.69) is 0 Å². The molecule has 0 saturated heterocycles. The van der Waals surface area contributed by atoms with E-state index in [9.17, 15) is 0 Å². The molecule has 0 radical (unpaired) electrons. The molecule has 14 heteroatoms. The summed E-state index contributed by atoms with van der Waals surface area (Å²) in [6.45, 7) is 0. The zero-order chi connectivity index (χ0) is 10.7. The Kier molecular flexibility index (Phi) is 52.2. The van der Waals surface area contributed by atoms with Crippen LogP contribution >= 0.6 is 0 Å². The van der Waals surface area contributed by atoms with Crippen LogP contribution in [-0.2, 0) is 75.9 Å². The summed E-state index contributed by atoms with van der Waals surface area (Å²) in [5.41, 5.74) is 0. The SMILES string of the molecule is [Li+].[Mg+2].[O]=[Nb](=[O])[O-].[O]=[Nb](=[O])[O-].[O]=[Nb](=[O])[O-]. The van der Waals surface area contributed by atoms with Gasteiger partial charge in [-0.05, 0) is 0 Å². The van der Waals surface area contributed by atoms with Gasteiger partial charge in [-0.15, -0.1) is 0 Å². The van der Waals surface area contributed by atoms with E-state index in [1.165, 1.54) is 0 Å². The van der Waals surface area contributed by atoms with Crippen LogP contribution in [0.2, 0.25) is 0 Å². The van der Waals surface area contributed by atoms with Crippen molar-refractivity contribution in [1.29, 1.82) is 0 Å². The molecule has 0 unspecified atom stereocenters. The van der Waals surface area contributed by atoms with Crippen molar-refractivity contribution in [2.75, 3.05) is 0 Å². The molecule has 9 nitrogen and oxygen atoms in total. The van der Waals surface area contributed by atoms with Crippen molar-refractivity contribution >= 4 is 23.1 Å². The Morgan fingerprint density at radius 2 is 0.571 bits per heavy atom. The maximum absolute atomic E-state index is 8.60. The van der Waals surface area contributed by atoms with Crippen LogP contribution in [0.1, 0.15) is 0 Å². The van der Waals surface area contributed by atoms with Crippen LogP contribution < -0.4 is 29.7 Å². The van der Waals surface area contributed by atoms with Crippen molar-refractivity contribution in [2.24, 2.45) is 0 Å². The molecule has 0 aliphatic heterocycles. The standard InChI is InChI=1S/Li.Mg.3Nb.9O/q+1;+2;;;;;;;;;;3*-1. The first-order valence-electron chi connectivity index (χ1n) is 1.64. The van der Waals surface area contributed by atoms with Crippen molar-refractivity contribution in [1.82, 2.24) is 0 Å². The van der Waals surface area contributed by atoms with Crippen molar-refractivity contribution in [3.05, 3.63) is 0 Å². The van der Waals surface area contributed by atoms with Crippen molar-refractivity contribution in [3.63, 3.8) is 0 Å². The van der Waals surface area contributed by atoms with E-state index in [1.54, 1.807) is 0 Å². The molecule has 0 aromatic heterocycles. The molecule has 0 bridgehead atoms. The third-order valence-corrected chi connectivity index (χ3v) is 0. The van der Waals surface area contributed by atoms with Crippen LogP contribution in [0.25, 0.3) is 0 Å². The fourth-order valence-corrected chi connectivity index (χ4v) is 0. The normalized spacial score (nSPS) is 5.36. The summed E-state index contributed by atoms with van der Waals surface area (Å²) in [4.78, 5) is 0. The quantitative estimate of drug-likeness (QED) is 0.323. The van der Waals surface area contributed by atoms with Crippen LogP contribution in [0.5, 0.6) is 0 Å². The van der Waals surface area contributed by atoms with Gasteiger partial charge in [-0.3, -0.25) is 0 Å². The fourth-order valence-electron chi connectivity index (χ4n) is 0. The Labute approximate surface area is 126 Å². The Hall–Kier alpha value is 2.26. The van der Waals surface area contributed by atoms with Crippen LogP contribution in [0.15, 0.2) is 0 Å². The first-order valence-corrected chi connectivity index (χ1v) is 9.72. The van der Waals surface area contributed by atoms with Gasteiger partial charge >= 0.3 is 129 Å². The van der Waals surface area contributed by atoms with Crippen LogP contribution in [0, 0.1) is 0 Å². The molecular formula is LiMgNb3O9. The van der Waals surface area contributed by atoms with E-state index >= 15 is 0 Å². The average Bonchev–Trinajstić information content (AvgIpc) is 1.54. The van der Waals surface area contributed by atoms with Gasteiger partial charge in [0.2, 0.25) is 0 Å². The monoisotopic (exact) mass is 454 g/mol. The summed E-state index contributed by atoms with van der Waals surface area (Å²) in [5, 5.41) is 0. The summed E-state index contributed by atoms with van der Waals surface area (Å²) in [5.74, 6) is 0. The molecule has 0 aromatic carbocycles. The first kappa shape index (κ1) is 29.9. The summed E-state index contributed by atoms with van der Waals surface area (Å²) in [6.07, 6.45) is 0. The molecule has 0 saturated carbocycles. The Morgan fingerprint density at radius 3 is 0.571 bits per heavy atom. The summed E-state index contributed by atoms with van der Waals surface area (Å²) < 4.78 is 77.4. The molecule has 0 spiro atoms. The molecule has 0 heterocycles. The molecule has 0 rings (SSSR count). The third-order valence-electron chi connectivity index (χ3n) is 0. The number of rotatable bonds is 0. The molecule has 0 atom stereocenters. The number of hydrogen-bond donors (Lipinski definition) is 0. The van der Waals surface area contributed by atoms with Gasteiger partial charge in [0, 0.05) is 0 Å². The molecule has 0 aromatic rings. The van der Waals surface area contributed by atoms with E-state index in [0.29, 0.717) is 0 Å². The van der Waals surface area contributed by atoms with Crippen molar-refractivity contribution in [3.8, 4) is 0 Å².